The molecule has 0 bridgehead atoms. The van der Waals surface area contributed by atoms with E-state index in [0.29, 0.717) is 0 Å². The highest BCUT2D eigenvalue weighted by atomic mass is 15.3. The molecule has 0 unspecified atom stereocenters. The second kappa shape index (κ2) is 5.49. The van der Waals surface area contributed by atoms with E-state index in [1.54, 1.807) is 12.4 Å². The van der Waals surface area contributed by atoms with Gasteiger partial charge in [0.05, 0.1) is 5.69 Å². The van der Waals surface area contributed by atoms with E-state index in [-0.39, 0.29) is 0 Å². The van der Waals surface area contributed by atoms with Gasteiger partial charge in [-0.1, -0.05) is 12.1 Å². The van der Waals surface area contributed by atoms with Gasteiger partial charge in [0.25, 0.3) is 0 Å². The standard InChI is InChI=1S/C14H15N5/c1-7-17-19(9-1)14-4-2-12(3-5-14)10-15-11-13-6-8-16-18-13/h1-9,15H,10-11H2,(H,16,18). The summed E-state index contributed by atoms with van der Waals surface area (Å²) in [7, 11) is 0. The molecule has 0 aliphatic heterocycles. The van der Waals surface area contributed by atoms with Crippen LogP contribution in [0.1, 0.15) is 11.3 Å². The predicted octanol–water partition coefficient (Wildman–Crippen LogP) is 1.89. The Hall–Kier alpha value is -2.40. The fourth-order valence-corrected chi connectivity index (χ4v) is 1.91. The molecule has 3 rings (SSSR count). The SMILES string of the molecule is c1cnn(-c2ccc(CNCc3ccn[nH]3)cc2)c1. The highest BCUT2D eigenvalue weighted by molar-refractivity contribution is 5.33. The number of nitrogens with zero attached hydrogens (tertiary/aromatic N) is 3. The van der Waals surface area contributed by atoms with Crippen LogP contribution in [0, 0.1) is 0 Å². The molecule has 1 aromatic carbocycles. The van der Waals surface area contributed by atoms with E-state index in [1.807, 2.05) is 23.0 Å². The van der Waals surface area contributed by atoms with Crippen LogP contribution >= 0.6 is 0 Å². The monoisotopic (exact) mass is 253 g/mol. The largest absolute Gasteiger partial charge is 0.307 e. The molecular weight excluding hydrogens is 238 g/mol. The van der Waals surface area contributed by atoms with E-state index in [9.17, 15) is 0 Å². The quantitative estimate of drug-likeness (QED) is 0.730. The fourth-order valence-electron chi connectivity index (χ4n) is 1.91. The predicted molar refractivity (Wildman–Crippen MR) is 72.7 cm³/mol. The maximum atomic E-state index is 4.20. The first kappa shape index (κ1) is 11.7. The van der Waals surface area contributed by atoms with Crippen molar-refractivity contribution in [3.05, 3.63) is 66.2 Å². The van der Waals surface area contributed by atoms with Crippen LogP contribution in [0.15, 0.2) is 55.0 Å². The first-order valence-electron chi connectivity index (χ1n) is 6.20. The molecule has 0 saturated heterocycles. The van der Waals surface area contributed by atoms with Crippen LogP contribution in [0.3, 0.4) is 0 Å². The Balaban J connectivity index is 1.57. The first-order valence-corrected chi connectivity index (χ1v) is 6.20. The third kappa shape index (κ3) is 2.89. The lowest BCUT2D eigenvalue weighted by Gasteiger charge is -2.05. The van der Waals surface area contributed by atoms with Crippen LogP contribution in [0.25, 0.3) is 5.69 Å². The summed E-state index contributed by atoms with van der Waals surface area (Å²) in [5, 5.41) is 14.4. The number of rotatable bonds is 5. The van der Waals surface area contributed by atoms with Gasteiger partial charge in [0, 0.05) is 37.4 Å². The van der Waals surface area contributed by atoms with E-state index < -0.39 is 0 Å². The van der Waals surface area contributed by atoms with Gasteiger partial charge in [-0.2, -0.15) is 10.2 Å². The summed E-state index contributed by atoms with van der Waals surface area (Å²) < 4.78 is 1.85. The molecule has 19 heavy (non-hydrogen) atoms. The Morgan fingerprint density at radius 3 is 2.63 bits per heavy atom. The molecule has 0 fully saturated rings. The summed E-state index contributed by atoms with van der Waals surface area (Å²) >= 11 is 0. The van der Waals surface area contributed by atoms with E-state index >= 15 is 0 Å². The molecule has 5 heteroatoms. The van der Waals surface area contributed by atoms with Gasteiger partial charge in [-0.05, 0) is 29.8 Å². The van der Waals surface area contributed by atoms with E-state index in [1.165, 1.54) is 5.56 Å². The van der Waals surface area contributed by atoms with Crippen molar-refractivity contribution in [2.75, 3.05) is 0 Å². The van der Waals surface area contributed by atoms with Crippen molar-refractivity contribution in [3.63, 3.8) is 0 Å². The van der Waals surface area contributed by atoms with Crippen molar-refractivity contribution in [2.24, 2.45) is 0 Å². The molecule has 0 aliphatic carbocycles. The van der Waals surface area contributed by atoms with Gasteiger partial charge in [-0.25, -0.2) is 4.68 Å². The molecule has 0 saturated carbocycles. The molecule has 0 aliphatic rings. The molecule has 0 atom stereocenters. The maximum absolute atomic E-state index is 4.20. The van der Waals surface area contributed by atoms with Gasteiger partial charge in [-0.3, -0.25) is 5.10 Å². The molecule has 96 valence electrons. The van der Waals surface area contributed by atoms with Gasteiger partial charge in [0.15, 0.2) is 0 Å². The molecule has 2 heterocycles. The Bertz CT molecular complexity index is 596. The van der Waals surface area contributed by atoms with Crippen LogP contribution in [0.5, 0.6) is 0 Å². The van der Waals surface area contributed by atoms with Gasteiger partial charge in [-0.15, -0.1) is 0 Å². The molecule has 2 aromatic heterocycles. The highest BCUT2D eigenvalue weighted by Crippen LogP contribution is 2.08. The van der Waals surface area contributed by atoms with Gasteiger partial charge in [0.2, 0.25) is 0 Å². The number of nitrogens with one attached hydrogen (secondary N) is 2. The lowest BCUT2D eigenvalue weighted by molar-refractivity contribution is 0.677. The number of aromatic nitrogens is 4. The third-order valence-electron chi connectivity index (χ3n) is 2.91. The minimum atomic E-state index is 0.793. The van der Waals surface area contributed by atoms with Crippen LogP contribution in [0.4, 0.5) is 0 Å². The van der Waals surface area contributed by atoms with Gasteiger partial charge < -0.3 is 5.32 Å². The van der Waals surface area contributed by atoms with E-state index in [0.717, 1.165) is 24.5 Å². The second-order valence-electron chi connectivity index (χ2n) is 4.30. The zero-order chi connectivity index (χ0) is 12.9. The van der Waals surface area contributed by atoms with Crippen molar-refractivity contribution in [1.82, 2.24) is 25.3 Å². The average Bonchev–Trinajstić information content (AvgIpc) is 3.13. The molecule has 2 N–H and O–H groups in total. The van der Waals surface area contributed by atoms with Gasteiger partial charge >= 0.3 is 0 Å². The Morgan fingerprint density at radius 2 is 1.95 bits per heavy atom. The molecule has 5 nitrogen and oxygen atoms in total. The van der Waals surface area contributed by atoms with Crippen molar-refractivity contribution in [2.45, 2.75) is 13.1 Å². The van der Waals surface area contributed by atoms with E-state index in [4.69, 9.17) is 0 Å². The normalized spacial score (nSPS) is 10.7. The van der Waals surface area contributed by atoms with Crippen LogP contribution in [-0.4, -0.2) is 20.0 Å². The number of hydrogen-bond donors (Lipinski definition) is 2. The highest BCUT2D eigenvalue weighted by Gasteiger charge is 1.98. The average molecular weight is 253 g/mol. The summed E-state index contributed by atoms with van der Waals surface area (Å²) in [6.45, 7) is 1.62. The zero-order valence-electron chi connectivity index (χ0n) is 10.5. The summed E-state index contributed by atoms with van der Waals surface area (Å²) in [5.74, 6) is 0. The number of H-pyrrole nitrogens is 1. The minimum absolute atomic E-state index is 0.793. The summed E-state index contributed by atoms with van der Waals surface area (Å²) in [4.78, 5) is 0. The maximum Gasteiger partial charge on any atom is 0.0645 e. The lowest BCUT2D eigenvalue weighted by atomic mass is 10.2. The third-order valence-corrected chi connectivity index (χ3v) is 2.91. The topological polar surface area (TPSA) is 58.5 Å². The van der Waals surface area contributed by atoms with Crippen molar-refractivity contribution in [3.8, 4) is 5.69 Å². The first-order chi connectivity index (χ1) is 9.42. The van der Waals surface area contributed by atoms with E-state index in [2.05, 4.69) is 44.9 Å². The Morgan fingerprint density at radius 1 is 1.05 bits per heavy atom. The van der Waals surface area contributed by atoms with Crippen LogP contribution in [-0.2, 0) is 13.1 Å². The Labute approximate surface area is 111 Å². The minimum Gasteiger partial charge on any atom is -0.307 e. The fraction of sp³-hybridized carbons (Fsp3) is 0.143. The lowest BCUT2D eigenvalue weighted by Crippen LogP contribution is -2.13. The second-order valence-corrected chi connectivity index (χ2v) is 4.30. The summed E-state index contributed by atoms with van der Waals surface area (Å²) in [6, 6.07) is 12.2. The number of aromatic amines is 1. The Kier molecular flexibility index (Phi) is 3.38. The van der Waals surface area contributed by atoms with Crippen LogP contribution in [0.2, 0.25) is 0 Å². The zero-order valence-corrected chi connectivity index (χ0v) is 10.5. The van der Waals surface area contributed by atoms with Crippen molar-refractivity contribution < 1.29 is 0 Å². The molecule has 0 radical (unpaired) electrons. The van der Waals surface area contributed by atoms with Crippen molar-refractivity contribution >= 4 is 0 Å². The molecule has 3 aromatic rings. The van der Waals surface area contributed by atoms with Crippen LogP contribution < -0.4 is 5.32 Å². The number of hydrogen-bond acceptors (Lipinski definition) is 3. The molecule has 0 amide bonds. The van der Waals surface area contributed by atoms with Crippen molar-refractivity contribution in [1.29, 1.82) is 0 Å². The van der Waals surface area contributed by atoms with Gasteiger partial charge in [0.1, 0.15) is 0 Å². The summed E-state index contributed by atoms with van der Waals surface area (Å²) in [6.07, 6.45) is 5.47. The number of benzene rings is 1. The molecule has 0 spiro atoms. The molecular formula is C14H15N5. The smallest absolute Gasteiger partial charge is 0.0645 e. The summed E-state index contributed by atoms with van der Waals surface area (Å²) in [5.41, 5.74) is 3.41.